The van der Waals surface area contributed by atoms with Crippen LogP contribution in [0.5, 0.6) is 0 Å². The fourth-order valence-electron chi connectivity index (χ4n) is 2.14. The van der Waals surface area contributed by atoms with E-state index in [-0.39, 0.29) is 6.03 Å². The SMILES string of the molecule is CN1CCCC1CNC(=O)Nc1ccccc1. The second-order valence-corrected chi connectivity index (χ2v) is 4.48. The zero-order chi connectivity index (χ0) is 12.1. The maximum Gasteiger partial charge on any atom is 0.319 e. The van der Waals surface area contributed by atoms with Gasteiger partial charge in [-0.15, -0.1) is 0 Å². The van der Waals surface area contributed by atoms with E-state index in [0.29, 0.717) is 6.04 Å². The molecule has 1 saturated heterocycles. The van der Waals surface area contributed by atoms with Crippen molar-refractivity contribution in [2.75, 3.05) is 25.5 Å². The summed E-state index contributed by atoms with van der Waals surface area (Å²) in [4.78, 5) is 13.9. The van der Waals surface area contributed by atoms with Crippen molar-refractivity contribution in [3.05, 3.63) is 30.3 Å². The van der Waals surface area contributed by atoms with Crippen molar-refractivity contribution in [2.45, 2.75) is 18.9 Å². The first kappa shape index (κ1) is 11.9. The Hall–Kier alpha value is -1.55. The number of amides is 2. The fraction of sp³-hybridized carbons (Fsp3) is 0.462. The molecule has 2 amide bonds. The standard InChI is InChI=1S/C13H19N3O/c1-16-9-5-8-12(16)10-14-13(17)15-11-6-3-2-4-7-11/h2-4,6-7,12H,5,8-10H2,1H3,(H2,14,15,17). The van der Waals surface area contributed by atoms with Gasteiger partial charge in [0.1, 0.15) is 0 Å². The number of nitrogens with one attached hydrogen (secondary N) is 2. The van der Waals surface area contributed by atoms with Gasteiger partial charge in [-0.3, -0.25) is 0 Å². The summed E-state index contributed by atoms with van der Waals surface area (Å²) in [6.45, 7) is 1.85. The lowest BCUT2D eigenvalue weighted by molar-refractivity contribution is 0.245. The van der Waals surface area contributed by atoms with Gasteiger partial charge in [0.05, 0.1) is 0 Å². The van der Waals surface area contributed by atoms with E-state index in [2.05, 4.69) is 22.6 Å². The summed E-state index contributed by atoms with van der Waals surface area (Å²) in [5.41, 5.74) is 0.824. The van der Waals surface area contributed by atoms with Crippen molar-refractivity contribution in [1.82, 2.24) is 10.2 Å². The second kappa shape index (κ2) is 5.68. The van der Waals surface area contributed by atoms with Gasteiger partial charge in [-0.2, -0.15) is 0 Å². The van der Waals surface area contributed by atoms with Crippen molar-refractivity contribution < 1.29 is 4.79 Å². The molecule has 0 aromatic heterocycles. The van der Waals surface area contributed by atoms with Crippen LogP contribution in [-0.4, -0.2) is 37.1 Å². The van der Waals surface area contributed by atoms with Crippen molar-refractivity contribution >= 4 is 11.7 Å². The molecular formula is C13H19N3O. The molecule has 0 spiro atoms. The Labute approximate surface area is 102 Å². The maximum absolute atomic E-state index is 11.6. The monoisotopic (exact) mass is 233 g/mol. The van der Waals surface area contributed by atoms with Gasteiger partial charge in [-0.25, -0.2) is 4.79 Å². The Morgan fingerprint density at radius 2 is 2.18 bits per heavy atom. The maximum atomic E-state index is 11.6. The summed E-state index contributed by atoms with van der Waals surface area (Å²) in [7, 11) is 2.11. The van der Waals surface area contributed by atoms with E-state index in [4.69, 9.17) is 0 Å². The van der Waals surface area contributed by atoms with E-state index in [9.17, 15) is 4.79 Å². The molecule has 0 bridgehead atoms. The fourth-order valence-corrected chi connectivity index (χ4v) is 2.14. The third-order valence-corrected chi connectivity index (χ3v) is 3.20. The molecule has 4 nitrogen and oxygen atoms in total. The van der Waals surface area contributed by atoms with Crippen LogP contribution >= 0.6 is 0 Å². The van der Waals surface area contributed by atoms with Gasteiger partial charge in [0, 0.05) is 18.3 Å². The molecule has 0 radical (unpaired) electrons. The van der Waals surface area contributed by atoms with E-state index >= 15 is 0 Å². The Balaban J connectivity index is 1.74. The lowest BCUT2D eigenvalue weighted by atomic mass is 10.2. The van der Waals surface area contributed by atoms with Crippen LogP contribution in [0.15, 0.2) is 30.3 Å². The number of carbonyl (C=O) groups is 1. The minimum atomic E-state index is -0.128. The first-order valence-corrected chi connectivity index (χ1v) is 6.06. The van der Waals surface area contributed by atoms with E-state index < -0.39 is 0 Å². The Kier molecular flexibility index (Phi) is 3.98. The summed E-state index contributed by atoms with van der Waals surface area (Å²) < 4.78 is 0. The van der Waals surface area contributed by atoms with Gasteiger partial charge in [-0.1, -0.05) is 18.2 Å². The van der Waals surface area contributed by atoms with Gasteiger partial charge < -0.3 is 15.5 Å². The number of para-hydroxylation sites is 1. The third kappa shape index (κ3) is 3.46. The van der Waals surface area contributed by atoms with Gasteiger partial charge in [-0.05, 0) is 38.6 Å². The summed E-state index contributed by atoms with van der Waals surface area (Å²) in [6.07, 6.45) is 2.39. The molecule has 1 aromatic rings. The highest BCUT2D eigenvalue weighted by Gasteiger charge is 2.20. The average Bonchev–Trinajstić information content (AvgIpc) is 2.74. The van der Waals surface area contributed by atoms with Gasteiger partial charge >= 0.3 is 6.03 Å². The van der Waals surface area contributed by atoms with Crippen LogP contribution in [0, 0.1) is 0 Å². The van der Waals surface area contributed by atoms with Crippen LogP contribution in [0.1, 0.15) is 12.8 Å². The molecule has 1 unspecified atom stereocenters. The summed E-state index contributed by atoms with van der Waals surface area (Å²) in [5.74, 6) is 0. The van der Waals surface area contributed by atoms with Crippen molar-refractivity contribution in [3.8, 4) is 0 Å². The van der Waals surface area contributed by atoms with Gasteiger partial charge in [0.2, 0.25) is 0 Å². The molecule has 0 aliphatic carbocycles. The highest BCUT2D eigenvalue weighted by Crippen LogP contribution is 2.13. The Bertz CT molecular complexity index is 366. The smallest absolute Gasteiger partial charge is 0.319 e. The van der Waals surface area contributed by atoms with Crippen LogP contribution < -0.4 is 10.6 Å². The van der Waals surface area contributed by atoms with Crippen molar-refractivity contribution in [3.63, 3.8) is 0 Å². The number of likely N-dealkylation sites (N-methyl/N-ethyl adjacent to an activating group) is 1. The zero-order valence-electron chi connectivity index (χ0n) is 10.1. The molecule has 1 aliphatic rings. The number of benzene rings is 1. The normalized spacial score (nSPS) is 20.2. The van der Waals surface area contributed by atoms with Gasteiger partial charge in [0.15, 0.2) is 0 Å². The number of likely N-dealkylation sites (tertiary alicyclic amines) is 1. The van der Waals surface area contributed by atoms with E-state index in [1.165, 1.54) is 12.8 Å². The lowest BCUT2D eigenvalue weighted by Crippen LogP contribution is -2.40. The van der Waals surface area contributed by atoms with Gasteiger partial charge in [0.25, 0.3) is 0 Å². The molecule has 2 rings (SSSR count). The highest BCUT2D eigenvalue weighted by atomic mass is 16.2. The van der Waals surface area contributed by atoms with Crippen molar-refractivity contribution in [1.29, 1.82) is 0 Å². The van der Waals surface area contributed by atoms with Crippen molar-refractivity contribution in [2.24, 2.45) is 0 Å². The molecule has 1 aliphatic heterocycles. The molecule has 1 atom stereocenters. The molecule has 1 fully saturated rings. The number of urea groups is 1. The molecule has 0 saturated carbocycles. The van der Waals surface area contributed by atoms with E-state index in [1.807, 2.05) is 30.3 Å². The number of nitrogens with zero attached hydrogens (tertiary/aromatic N) is 1. The molecule has 92 valence electrons. The summed E-state index contributed by atoms with van der Waals surface area (Å²) >= 11 is 0. The largest absolute Gasteiger partial charge is 0.336 e. The molecular weight excluding hydrogens is 214 g/mol. The molecule has 1 heterocycles. The highest BCUT2D eigenvalue weighted by molar-refractivity contribution is 5.89. The number of rotatable bonds is 3. The lowest BCUT2D eigenvalue weighted by Gasteiger charge is -2.19. The number of hydrogen-bond donors (Lipinski definition) is 2. The van der Waals surface area contributed by atoms with Crippen LogP contribution in [-0.2, 0) is 0 Å². The average molecular weight is 233 g/mol. The molecule has 4 heteroatoms. The second-order valence-electron chi connectivity index (χ2n) is 4.48. The van der Waals surface area contributed by atoms with E-state index in [0.717, 1.165) is 18.8 Å². The van der Waals surface area contributed by atoms with Crippen LogP contribution in [0.2, 0.25) is 0 Å². The van der Waals surface area contributed by atoms with Crippen LogP contribution in [0.25, 0.3) is 0 Å². The topological polar surface area (TPSA) is 44.4 Å². The first-order valence-electron chi connectivity index (χ1n) is 6.06. The van der Waals surface area contributed by atoms with E-state index in [1.54, 1.807) is 0 Å². The molecule has 1 aromatic carbocycles. The predicted octanol–water partition coefficient (Wildman–Crippen LogP) is 1.90. The summed E-state index contributed by atoms with van der Waals surface area (Å²) in [5, 5.41) is 5.72. The number of hydrogen-bond acceptors (Lipinski definition) is 2. The zero-order valence-corrected chi connectivity index (χ0v) is 10.1. The minimum absolute atomic E-state index is 0.128. The van der Waals surface area contributed by atoms with Crippen LogP contribution in [0.4, 0.5) is 10.5 Å². The first-order chi connectivity index (χ1) is 8.25. The molecule has 17 heavy (non-hydrogen) atoms. The summed E-state index contributed by atoms with van der Waals surface area (Å²) in [6, 6.07) is 9.84. The number of anilines is 1. The third-order valence-electron chi connectivity index (χ3n) is 3.20. The Morgan fingerprint density at radius 3 is 2.82 bits per heavy atom. The Morgan fingerprint density at radius 1 is 1.41 bits per heavy atom. The minimum Gasteiger partial charge on any atom is -0.336 e. The predicted molar refractivity (Wildman–Crippen MR) is 69.1 cm³/mol. The number of carbonyl (C=O) groups excluding carboxylic acids is 1. The van der Waals surface area contributed by atoms with Crippen LogP contribution in [0.3, 0.4) is 0 Å². The molecule has 2 N–H and O–H groups in total. The quantitative estimate of drug-likeness (QED) is 0.837.